The highest BCUT2D eigenvalue weighted by Gasteiger charge is 2.27. The summed E-state index contributed by atoms with van der Waals surface area (Å²) in [7, 11) is 1.48. The first-order chi connectivity index (χ1) is 14.2. The molecule has 1 aromatic heterocycles. The van der Waals surface area contributed by atoms with Gasteiger partial charge in [-0.2, -0.15) is 9.97 Å². The van der Waals surface area contributed by atoms with Crippen molar-refractivity contribution in [3.8, 4) is 29.0 Å². The zero-order valence-corrected chi connectivity index (χ0v) is 15.3. The van der Waals surface area contributed by atoms with Gasteiger partial charge in [-0.05, 0) is 35.0 Å². The van der Waals surface area contributed by atoms with Crippen LogP contribution in [0.4, 0.5) is 5.69 Å². The maximum atomic E-state index is 11.7. The van der Waals surface area contributed by atoms with E-state index in [-0.39, 0.29) is 17.5 Å². The van der Waals surface area contributed by atoms with Gasteiger partial charge in [0, 0.05) is 0 Å². The second kappa shape index (κ2) is 7.81. The van der Waals surface area contributed by atoms with Crippen LogP contribution in [0.2, 0.25) is 0 Å². The molecule has 0 aliphatic carbocycles. The van der Waals surface area contributed by atoms with E-state index in [0.717, 1.165) is 17.1 Å². The summed E-state index contributed by atoms with van der Waals surface area (Å²) in [5.41, 5.74) is -0.480. The maximum absolute atomic E-state index is 11.7. The average Bonchev–Trinajstić information content (AvgIpc) is 2.74. The van der Waals surface area contributed by atoms with Gasteiger partial charge in [-0.15, -0.1) is 0 Å². The summed E-state index contributed by atoms with van der Waals surface area (Å²) in [6.07, 6.45) is 1.15. The molecule has 0 radical (unpaired) electrons. The molecule has 4 rings (SSSR count). The van der Waals surface area contributed by atoms with E-state index in [2.05, 4.69) is 9.97 Å². The average molecular weight is 389 g/mol. The number of hydrogen-bond donors (Lipinski definition) is 0. The van der Waals surface area contributed by atoms with Crippen LogP contribution < -0.4 is 14.2 Å². The first-order valence-electron chi connectivity index (χ1n) is 8.62. The predicted octanol–water partition coefficient (Wildman–Crippen LogP) is 5.13. The highest BCUT2D eigenvalue weighted by atomic mass is 16.6. The van der Waals surface area contributed by atoms with Crippen molar-refractivity contribution in [3.63, 3.8) is 0 Å². The molecule has 1 heterocycles. The fourth-order valence-corrected chi connectivity index (χ4v) is 2.80. The number of nitro groups is 1. The summed E-state index contributed by atoms with van der Waals surface area (Å²) >= 11 is 0. The Hall–Kier alpha value is -4.20. The van der Waals surface area contributed by atoms with Gasteiger partial charge in [-0.25, -0.2) is 0 Å². The lowest BCUT2D eigenvalue weighted by molar-refractivity contribution is -0.387. The number of para-hydroxylation sites is 2. The molecule has 4 aromatic rings. The largest absolute Gasteiger partial charge is 0.493 e. The van der Waals surface area contributed by atoms with Crippen molar-refractivity contribution in [2.24, 2.45) is 0 Å². The van der Waals surface area contributed by atoms with Gasteiger partial charge < -0.3 is 14.2 Å². The SMILES string of the molecule is COc1ccccc1Oc1ncnc(Oc2ccc3ccccc3c2)c1[N+](=O)[O-]. The Morgan fingerprint density at radius 1 is 0.828 bits per heavy atom. The van der Waals surface area contributed by atoms with Crippen molar-refractivity contribution in [2.75, 3.05) is 7.11 Å². The van der Waals surface area contributed by atoms with Gasteiger partial charge in [-0.3, -0.25) is 10.1 Å². The zero-order chi connectivity index (χ0) is 20.2. The number of hydrogen-bond acceptors (Lipinski definition) is 7. The molecular formula is C21H15N3O5. The van der Waals surface area contributed by atoms with Gasteiger partial charge >= 0.3 is 17.4 Å². The van der Waals surface area contributed by atoms with E-state index in [4.69, 9.17) is 14.2 Å². The quantitative estimate of drug-likeness (QED) is 0.333. The summed E-state index contributed by atoms with van der Waals surface area (Å²) in [4.78, 5) is 18.9. The molecule has 0 fully saturated rings. The molecule has 0 atom stereocenters. The van der Waals surface area contributed by atoms with Gasteiger partial charge in [0.2, 0.25) is 0 Å². The molecule has 0 saturated carbocycles. The van der Waals surface area contributed by atoms with Crippen LogP contribution in [0.25, 0.3) is 10.8 Å². The van der Waals surface area contributed by atoms with Crippen LogP contribution in [0.15, 0.2) is 73.1 Å². The second-order valence-electron chi connectivity index (χ2n) is 5.95. The second-order valence-corrected chi connectivity index (χ2v) is 5.95. The van der Waals surface area contributed by atoms with E-state index >= 15 is 0 Å². The van der Waals surface area contributed by atoms with Gasteiger partial charge in [0.1, 0.15) is 12.1 Å². The summed E-state index contributed by atoms with van der Waals surface area (Å²) in [6.45, 7) is 0. The van der Waals surface area contributed by atoms with E-state index in [0.29, 0.717) is 11.5 Å². The molecule has 0 spiro atoms. The lowest BCUT2D eigenvalue weighted by Crippen LogP contribution is -2.01. The minimum atomic E-state index is -0.638. The molecule has 0 amide bonds. The molecule has 0 saturated heterocycles. The molecular weight excluding hydrogens is 374 g/mol. The monoisotopic (exact) mass is 389 g/mol. The predicted molar refractivity (Wildman–Crippen MR) is 106 cm³/mol. The molecule has 8 nitrogen and oxygen atoms in total. The minimum absolute atomic E-state index is 0.217. The Morgan fingerprint density at radius 3 is 2.21 bits per heavy atom. The van der Waals surface area contributed by atoms with Crippen molar-refractivity contribution >= 4 is 16.5 Å². The molecule has 0 unspecified atom stereocenters. The fourth-order valence-electron chi connectivity index (χ4n) is 2.80. The molecule has 29 heavy (non-hydrogen) atoms. The summed E-state index contributed by atoms with van der Waals surface area (Å²) < 4.78 is 16.6. The van der Waals surface area contributed by atoms with Gasteiger partial charge in [0.05, 0.1) is 12.0 Å². The highest BCUT2D eigenvalue weighted by Crippen LogP contribution is 2.40. The van der Waals surface area contributed by atoms with Crippen LogP contribution in [0.1, 0.15) is 0 Å². The first kappa shape index (κ1) is 18.2. The summed E-state index contributed by atoms with van der Waals surface area (Å²) in [5.74, 6) is 0.648. The van der Waals surface area contributed by atoms with Crippen LogP contribution in [0, 0.1) is 10.1 Å². The van der Waals surface area contributed by atoms with Gasteiger partial charge in [0.25, 0.3) is 0 Å². The Kier molecular flexibility index (Phi) is 4.90. The number of benzene rings is 3. The third-order valence-corrected chi connectivity index (χ3v) is 4.15. The van der Waals surface area contributed by atoms with Crippen molar-refractivity contribution in [2.45, 2.75) is 0 Å². The number of nitrogens with zero attached hydrogens (tertiary/aromatic N) is 3. The standard InChI is InChI=1S/C21H15N3O5/c1-27-17-8-4-5-9-18(17)29-21-19(24(25)26)20(22-13-23-21)28-16-11-10-14-6-2-3-7-15(14)12-16/h2-13H,1H3. The molecule has 3 aromatic carbocycles. The van der Waals surface area contributed by atoms with E-state index in [1.54, 1.807) is 36.4 Å². The fraction of sp³-hybridized carbons (Fsp3) is 0.0476. The number of methoxy groups -OCH3 is 1. The third kappa shape index (κ3) is 3.77. The topological polar surface area (TPSA) is 96.6 Å². The Morgan fingerprint density at radius 2 is 1.48 bits per heavy atom. The lowest BCUT2D eigenvalue weighted by atomic mass is 10.1. The summed E-state index contributed by atoms with van der Waals surface area (Å²) in [5, 5.41) is 13.7. The molecule has 144 valence electrons. The van der Waals surface area contributed by atoms with Crippen molar-refractivity contribution in [1.82, 2.24) is 9.97 Å². The molecule has 0 aliphatic heterocycles. The zero-order valence-electron chi connectivity index (χ0n) is 15.3. The Balaban J connectivity index is 1.71. The molecule has 0 bridgehead atoms. The highest BCUT2D eigenvalue weighted by molar-refractivity contribution is 5.83. The van der Waals surface area contributed by atoms with E-state index in [1.807, 2.05) is 30.3 Å². The van der Waals surface area contributed by atoms with Gasteiger partial charge in [-0.1, -0.05) is 42.5 Å². The van der Waals surface area contributed by atoms with Crippen LogP contribution in [0.5, 0.6) is 29.0 Å². The number of ether oxygens (including phenoxy) is 3. The van der Waals surface area contributed by atoms with E-state index in [9.17, 15) is 10.1 Å². The van der Waals surface area contributed by atoms with Crippen molar-refractivity contribution < 1.29 is 19.1 Å². The van der Waals surface area contributed by atoms with Crippen LogP contribution in [0.3, 0.4) is 0 Å². The Bertz CT molecular complexity index is 1200. The van der Waals surface area contributed by atoms with E-state index < -0.39 is 10.6 Å². The van der Waals surface area contributed by atoms with Crippen LogP contribution in [-0.2, 0) is 0 Å². The van der Waals surface area contributed by atoms with Crippen molar-refractivity contribution in [1.29, 1.82) is 0 Å². The summed E-state index contributed by atoms with van der Waals surface area (Å²) in [6, 6.07) is 19.9. The third-order valence-electron chi connectivity index (χ3n) is 4.15. The Labute approximate surface area is 165 Å². The number of fused-ring (bicyclic) bond motifs is 1. The molecule has 0 N–H and O–H groups in total. The smallest absolute Gasteiger partial charge is 0.393 e. The minimum Gasteiger partial charge on any atom is -0.493 e. The van der Waals surface area contributed by atoms with Crippen LogP contribution in [-0.4, -0.2) is 22.0 Å². The number of rotatable bonds is 6. The first-order valence-corrected chi connectivity index (χ1v) is 8.62. The molecule has 0 aliphatic rings. The van der Waals surface area contributed by atoms with Gasteiger partial charge in [0.15, 0.2) is 11.5 Å². The van der Waals surface area contributed by atoms with Crippen molar-refractivity contribution in [3.05, 3.63) is 83.2 Å². The maximum Gasteiger partial charge on any atom is 0.393 e. The van der Waals surface area contributed by atoms with E-state index in [1.165, 1.54) is 7.11 Å². The van der Waals surface area contributed by atoms with Crippen LogP contribution >= 0.6 is 0 Å². The molecule has 8 heteroatoms. The normalized spacial score (nSPS) is 10.5. The number of aromatic nitrogens is 2. The lowest BCUT2D eigenvalue weighted by Gasteiger charge is -2.11.